The first-order valence-electron chi connectivity index (χ1n) is 11.0. The lowest BCUT2D eigenvalue weighted by Gasteiger charge is -2.43. The highest BCUT2D eigenvalue weighted by atomic mass is 16.5. The molecule has 0 amide bonds. The zero-order valence-electron chi connectivity index (χ0n) is 18.2. The molecule has 5 unspecified atom stereocenters. The summed E-state index contributed by atoms with van der Waals surface area (Å²) >= 11 is 0. The minimum Gasteiger partial charge on any atom is -0.481 e. The van der Waals surface area contributed by atoms with Gasteiger partial charge in [0, 0.05) is 18.8 Å². The second-order valence-electron chi connectivity index (χ2n) is 8.96. The number of aliphatic hydroxyl groups is 3. The number of carbonyl (C=O) groups excluding carboxylic acids is 1. The summed E-state index contributed by atoms with van der Waals surface area (Å²) in [6.07, 6.45) is 7.25. The second kappa shape index (κ2) is 10.6. The van der Waals surface area contributed by atoms with E-state index in [0.717, 1.165) is 12.0 Å². The predicted octanol–water partition coefficient (Wildman–Crippen LogP) is 2.79. The molecule has 7 nitrogen and oxygen atoms in total. The average molecular weight is 425 g/mol. The maximum Gasteiger partial charge on any atom is 0.308 e. The molecule has 2 aliphatic rings. The van der Waals surface area contributed by atoms with Crippen molar-refractivity contribution in [2.24, 2.45) is 23.7 Å². The van der Waals surface area contributed by atoms with Crippen molar-refractivity contribution in [2.75, 3.05) is 0 Å². The first kappa shape index (κ1) is 24.6. The third kappa shape index (κ3) is 6.65. The van der Waals surface area contributed by atoms with Gasteiger partial charge in [0.1, 0.15) is 6.10 Å². The molecule has 0 radical (unpaired) electrons. The molecule has 0 spiro atoms. The second-order valence-corrected chi connectivity index (χ2v) is 8.96. The number of hydrogen-bond donors (Lipinski definition) is 4. The molecule has 7 heteroatoms. The van der Waals surface area contributed by atoms with Gasteiger partial charge in [-0.3, -0.25) is 9.59 Å². The van der Waals surface area contributed by atoms with Crippen LogP contribution in [0, 0.1) is 23.7 Å². The molecular formula is C23H36O7. The summed E-state index contributed by atoms with van der Waals surface area (Å²) in [5.74, 6) is -3.44. The molecule has 30 heavy (non-hydrogen) atoms. The van der Waals surface area contributed by atoms with Crippen LogP contribution in [0.5, 0.6) is 0 Å². The van der Waals surface area contributed by atoms with Gasteiger partial charge < -0.3 is 25.2 Å². The Morgan fingerprint density at radius 1 is 1.30 bits per heavy atom. The van der Waals surface area contributed by atoms with Gasteiger partial charge >= 0.3 is 11.9 Å². The SMILES string of the molecule is CC[C@H](C)C(=O)OC1CC(O)C=C2C=CC(C)C(CCCCC(O)(O)CC(=O)O)C21. The number of unbranched alkanes of at least 4 members (excludes halogenated alkanes) is 1. The number of ether oxygens (including phenoxy) is 1. The van der Waals surface area contributed by atoms with Gasteiger partial charge in [-0.15, -0.1) is 0 Å². The van der Waals surface area contributed by atoms with E-state index >= 15 is 0 Å². The molecule has 0 aromatic heterocycles. The predicted molar refractivity (Wildman–Crippen MR) is 111 cm³/mol. The zero-order valence-corrected chi connectivity index (χ0v) is 18.2. The highest BCUT2D eigenvalue weighted by molar-refractivity contribution is 5.72. The van der Waals surface area contributed by atoms with Crippen molar-refractivity contribution in [3.8, 4) is 0 Å². The van der Waals surface area contributed by atoms with Gasteiger partial charge in [0.25, 0.3) is 0 Å². The minimum absolute atomic E-state index is 0.00521. The lowest BCUT2D eigenvalue weighted by Crippen LogP contribution is -2.43. The zero-order chi connectivity index (χ0) is 22.5. The van der Waals surface area contributed by atoms with Crippen LogP contribution in [0.15, 0.2) is 23.8 Å². The fraction of sp³-hybridized carbons (Fsp3) is 0.739. The fourth-order valence-corrected chi connectivity index (χ4v) is 4.54. The van der Waals surface area contributed by atoms with Gasteiger partial charge in [0.2, 0.25) is 0 Å². The summed E-state index contributed by atoms with van der Waals surface area (Å²) < 4.78 is 5.85. The molecule has 6 atom stereocenters. The number of fused-ring (bicyclic) bond motifs is 1. The number of hydrogen-bond acceptors (Lipinski definition) is 6. The van der Waals surface area contributed by atoms with E-state index in [1.54, 1.807) is 0 Å². The van der Waals surface area contributed by atoms with Crippen LogP contribution < -0.4 is 0 Å². The molecule has 0 saturated carbocycles. The number of aliphatic hydroxyl groups excluding tert-OH is 1. The Balaban J connectivity index is 2.06. The van der Waals surface area contributed by atoms with Gasteiger partial charge in [-0.25, -0.2) is 0 Å². The van der Waals surface area contributed by atoms with Crippen LogP contribution in [0.4, 0.5) is 0 Å². The Morgan fingerprint density at radius 2 is 2.00 bits per heavy atom. The Bertz CT molecular complexity index is 666. The number of aliphatic carboxylic acids is 1. The highest BCUT2D eigenvalue weighted by Crippen LogP contribution is 2.44. The molecule has 0 bridgehead atoms. The van der Waals surface area contributed by atoms with Gasteiger partial charge in [0.15, 0.2) is 5.79 Å². The summed E-state index contributed by atoms with van der Waals surface area (Å²) in [4.78, 5) is 23.1. The smallest absolute Gasteiger partial charge is 0.308 e. The molecule has 0 heterocycles. The molecule has 4 N–H and O–H groups in total. The van der Waals surface area contributed by atoms with Crippen molar-refractivity contribution in [1.82, 2.24) is 0 Å². The molecule has 0 saturated heterocycles. The first-order chi connectivity index (χ1) is 14.0. The van der Waals surface area contributed by atoms with Gasteiger partial charge in [-0.1, -0.05) is 45.4 Å². The van der Waals surface area contributed by atoms with E-state index in [9.17, 15) is 24.9 Å². The van der Waals surface area contributed by atoms with Crippen LogP contribution >= 0.6 is 0 Å². The van der Waals surface area contributed by atoms with Crippen molar-refractivity contribution in [1.29, 1.82) is 0 Å². The maximum absolute atomic E-state index is 12.4. The topological polar surface area (TPSA) is 124 Å². The van der Waals surface area contributed by atoms with E-state index < -0.39 is 24.3 Å². The molecule has 0 aromatic carbocycles. The van der Waals surface area contributed by atoms with Crippen LogP contribution in [-0.2, 0) is 14.3 Å². The van der Waals surface area contributed by atoms with E-state index in [1.807, 2.05) is 26.0 Å². The van der Waals surface area contributed by atoms with Crippen LogP contribution in [0.1, 0.15) is 65.7 Å². The number of esters is 1. The number of carboxylic acid groups (broad SMARTS) is 1. The molecular weight excluding hydrogens is 388 g/mol. The van der Waals surface area contributed by atoms with Crippen molar-refractivity contribution < 1.29 is 34.8 Å². The number of carbonyl (C=O) groups is 2. The summed E-state index contributed by atoms with van der Waals surface area (Å²) in [7, 11) is 0. The first-order valence-corrected chi connectivity index (χ1v) is 11.0. The standard InChI is InChI=1S/C23H36O7/c1-4-14(2)22(27)30-19-12-17(24)11-16-9-8-15(3)18(21(16)19)7-5-6-10-23(28,29)13-20(25)26/h8-9,11,14-15,17-19,21,24,28-29H,4-7,10,12-13H2,1-3H3,(H,25,26)/t14-,15?,17?,18?,19?,21?/m0/s1. The lowest BCUT2D eigenvalue weighted by molar-refractivity contribution is -0.185. The largest absolute Gasteiger partial charge is 0.481 e. The van der Waals surface area contributed by atoms with Crippen LogP contribution in [0.25, 0.3) is 0 Å². The van der Waals surface area contributed by atoms with Crippen LogP contribution in [-0.4, -0.2) is 50.4 Å². The Kier molecular flexibility index (Phi) is 8.64. The molecule has 0 aliphatic heterocycles. The van der Waals surface area contributed by atoms with E-state index in [0.29, 0.717) is 25.7 Å². The summed E-state index contributed by atoms with van der Waals surface area (Å²) in [5.41, 5.74) is 0.989. The number of allylic oxidation sites excluding steroid dienone is 2. The Morgan fingerprint density at radius 3 is 2.63 bits per heavy atom. The van der Waals surface area contributed by atoms with E-state index in [1.165, 1.54) is 0 Å². The van der Waals surface area contributed by atoms with Gasteiger partial charge in [0.05, 0.1) is 18.4 Å². The quantitative estimate of drug-likeness (QED) is 0.241. The summed E-state index contributed by atoms with van der Waals surface area (Å²) in [6, 6.07) is 0. The van der Waals surface area contributed by atoms with Crippen LogP contribution in [0.2, 0.25) is 0 Å². The Labute approximate surface area is 178 Å². The minimum atomic E-state index is -2.20. The lowest BCUT2D eigenvalue weighted by atomic mass is 9.66. The van der Waals surface area contributed by atoms with E-state index in [2.05, 4.69) is 13.0 Å². The highest BCUT2D eigenvalue weighted by Gasteiger charge is 2.42. The third-order valence-electron chi connectivity index (χ3n) is 6.45. The van der Waals surface area contributed by atoms with Crippen molar-refractivity contribution in [3.63, 3.8) is 0 Å². The van der Waals surface area contributed by atoms with Gasteiger partial charge in [-0.05, 0) is 36.7 Å². The van der Waals surface area contributed by atoms with Crippen LogP contribution in [0.3, 0.4) is 0 Å². The van der Waals surface area contributed by atoms with Crippen molar-refractivity contribution >= 4 is 11.9 Å². The summed E-state index contributed by atoms with van der Waals surface area (Å²) in [5, 5.41) is 38.6. The molecule has 2 aliphatic carbocycles. The third-order valence-corrected chi connectivity index (χ3v) is 6.45. The normalized spacial score (nSPS) is 29.7. The van der Waals surface area contributed by atoms with E-state index in [4.69, 9.17) is 9.84 Å². The molecule has 170 valence electrons. The fourth-order valence-electron chi connectivity index (χ4n) is 4.54. The summed E-state index contributed by atoms with van der Waals surface area (Å²) in [6.45, 7) is 5.89. The molecule has 2 rings (SSSR count). The number of carboxylic acids is 1. The van der Waals surface area contributed by atoms with Crippen molar-refractivity contribution in [2.45, 2.75) is 83.7 Å². The Hall–Kier alpha value is -1.70. The molecule has 0 aromatic rings. The van der Waals surface area contributed by atoms with Crippen molar-refractivity contribution in [3.05, 3.63) is 23.8 Å². The average Bonchev–Trinajstić information content (AvgIpc) is 2.64. The molecule has 0 fully saturated rings. The maximum atomic E-state index is 12.4. The van der Waals surface area contributed by atoms with Gasteiger partial charge in [-0.2, -0.15) is 0 Å². The monoisotopic (exact) mass is 424 g/mol. The van der Waals surface area contributed by atoms with E-state index in [-0.39, 0.29) is 42.2 Å². The number of rotatable bonds is 10.